The third-order valence-corrected chi connectivity index (χ3v) is 9.61. The second-order valence-electron chi connectivity index (χ2n) is 11.1. The number of hydrogen-bond acceptors (Lipinski definition) is 9. The number of anilines is 1. The highest BCUT2D eigenvalue weighted by Crippen LogP contribution is 2.43. The number of nitrogens with one attached hydrogen (secondary N) is 1. The molecule has 3 aromatic rings. The van der Waals surface area contributed by atoms with Gasteiger partial charge in [0, 0.05) is 24.5 Å². The van der Waals surface area contributed by atoms with Crippen LogP contribution >= 0.6 is 27.7 Å². The van der Waals surface area contributed by atoms with Gasteiger partial charge in [-0.1, -0.05) is 48.5 Å². The average Bonchev–Trinajstić information content (AvgIpc) is 3.46. The smallest absolute Gasteiger partial charge is 0.338 e. The Balaban J connectivity index is 1.49. The van der Waals surface area contributed by atoms with Crippen LogP contribution in [0.2, 0.25) is 0 Å². The molecule has 2 heterocycles. The van der Waals surface area contributed by atoms with Crippen LogP contribution in [0.1, 0.15) is 70.0 Å². The van der Waals surface area contributed by atoms with E-state index in [4.69, 9.17) is 24.3 Å². The van der Waals surface area contributed by atoms with Gasteiger partial charge < -0.3 is 24.4 Å². The Morgan fingerprint density at radius 2 is 1.84 bits per heavy atom. The van der Waals surface area contributed by atoms with E-state index >= 15 is 0 Å². The van der Waals surface area contributed by atoms with Crippen molar-refractivity contribution in [3.63, 3.8) is 0 Å². The minimum atomic E-state index is -0.646. The highest BCUT2D eigenvalue weighted by Gasteiger charge is 2.37. The van der Waals surface area contributed by atoms with Crippen molar-refractivity contribution in [3.8, 4) is 11.5 Å². The van der Waals surface area contributed by atoms with E-state index in [0.29, 0.717) is 57.2 Å². The van der Waals surface area contributed by atoms with Crippen molar-refractivity contribution >= 4 is 45.5 Å². The third kappa shape index (κ3) is 7.66. The van der Waals surface area contributed by atoms with E-state index in [-0.39, 0.29) is 24.6 Å². The van der Waals surface area contributed by atoms with Gasteiger partial charge in [-0.05, 0) is 85.6 Å². The number of halogens is 1. The van der Waals surface area contributed by atoms with E-state index in [1.54, 1.807) is 16.7 Å². The minimum Gasteiger partial charge on any atom is -0.493 e. The predicted molar refractivity (Wildman–Crippen MR) is 178 cm³/mol. The number of benzene rings is 2. The molecule has 240 valence electrons. The number of hydrogen-bond donors (Lipinski definition) is 1. The summed E-state index contributed by atoms with van der Waals surface area (Å²) in [6.07, 6.45) is 4.88. The van der Waals surface area contributed by atoms with Crippen molar-refractivity contribution in [3.05, 3.63) is 69.3 Å². The number of thioether (sulfide) groups is 1. The molecule has 2 aromatic carbocycles. The molecule has 12 heteroatoms. The van der Waals surface area contributed by atoms with Crippen molar-refractivity contribution in [1.29, 1.82) is 0 Å². The Bertz CT molecular complexity index is 1540. The minimum absolute atomic E-state index is 0.110. The van der Waals surface area contributed by atoms with Gasteiger partial charge >= 0.3 is 5.97 Å². The molecule has 1 N–H and O–H groups in total. The maximum absolute atomic E-state index is 13.9. The van der Waals surface area contributed by atoms with E-state index in [9.17, 15) is 9.59 Å². The topological polar surface area (TPSA) is 108 Å². The van der Waals surface area contributed by atoms with Crippen LogP contribution in [0.5, 0.6) is 11.5 Å². The first kappa shape index (κ1) is 32.9. The zero-order valence-electron chi connectivity index (χ0n) is 26.2. The number of methoxy groups -OCH3 is 1. The summed E-state index contributed by atoms with van der Waals surface area (Å²) >= 11 is 5.17. The molecular formula is C33H40BrN5O5S. The molecule has 10 nitrogen and oxygen atoms in total. The summed E-state index contributed by atoms with van der Waals surface area (Å²) in [5, 5.41) is 8.75. The number of esters is 1. The van der Waals surface area contributed by atoms with E-state index < -0.39 is 6.04 Å². The molecule has 0 spiro atoms. The SMILES string of the molecule is CCN(CC)C(=O)COc1c(Br)cc(C2C(C(=O)OC3CCCCC3)=C(C)Nc3nc(SCc4ccccc4)nn32)cc1OC. The van der Waals surface area contributed by atoms with Gasteiger partial charge in [0.15, 0.2) is 18.1 Å². The average molecular weight is 699 g/mol. The molecule has 1 atom stereocenters. The normalized spacial score (nSPS) is 16.5. The summed E-state index contributed by atoms with van der Waals surface area (Å²) < 4.78 is 20.1. The lowest BCUT2D eigenvalue weighted by Gasteiger charge is -2.30. The van der Waals surface area contributed by atoms with E-state index in [2.05, 4.69) is 33.4 Å². The number of amides is 1. The number of aromatic nitrogens is 3. The third-order valence-electron chi connectivity index (χ3n) is 8.11. The Morgan fingerprint density at radius 1 is 1.11 bits per heavy atom. The zero-order chi connectivity index (χ0) is 31.9. The van der Waals surface area contributed by atoms with Crippen LogP contribution in [0.15, 0.2) is 63.4 Å². The molecule has 1 saturated carbocycles. The Labute approximate surface area is 277 Å². The van der Waals surface area contributed by atoms with Crippen LogP contribution in [0.25, 0.3) is 0 Å². The fraction of sp³-hybridized carbons (Fsp3) is 0.455. The standard InChI is InChI=1S/C33H40BrN5O5S/c1-5-38(6-2)27(40)19-43-30-25(34)17-23(18-26(30)42-4)29-28(31(41)44-24-15-11-8-12-16-24)21(3)35-32-36-33(37-39(29)32)45-20-22-13-9-7-10-14-22/h7,9-10,13-14,17-18,24,29H,5-6,8,11-12,15-16,19-20H2,1-4H3,(H,35,36,37). The maximum atomic E-state index is 13.9. The molecule has 1 aliphatic carbocycles. The zero-order valence-corrected chi connectivity index (χ0v) is 28.6. The fourth-order valence-electron chi connectivity index (χ4n) is 5.72. The molecule has 2 aliphatic rings. The first-order valence-electron chi connectivity index (χ1n) is 15.4. The quantitative estimate of drug-likeness (QED) is 0.162. The number of likely N-dealkylation sites (N-methyl/N-ethyl adjacent to an activating group) is 1. The summed E-state index contributed by atoms with van der Waals surface area (Å²) in [4.78, 5) is 33.0. The molecule has 1 amide bonds. The van der Waals surface area contributed by atoms with Gasteiger partial charge in [-0.15, -0.1) is 5.10 Å². The van der Waals surface area contributed by atoms with Crippen molar-refractivity contribution < 1.29 is 23.8 Å². The van der Waals surface area contributed by atoms with Crippen LogP contribution in [-0.2, 0) is 20.1 Å². The van der Waals surface area contributed by atoms with Gasteiger partial charge in [-0.3, -0.25) is 4.79 Å². The summed E-state index contributed by atoms with van der Waals surface area (Å²) in [7, 11) is 1.55. The fourth-order valence-corrected chi connectivity index (χ4v) is 7.08. The number of rotatable bonds is 12. The van der Waals surface area contributed by atoms with Crippen molar-refractivity contribution in [2.45, 2.75) is 75.9 Å². The summed E-state index contributed by atoms with van der Waals surface area (Å²) in [6, 6.07) is 13.2. The number of carbonyl (C=O) groups is 2. The lowest BCUT2D eigenvalue weighted by molar-refractivity contribution is -0.146. The van der Waals surface area contributed by atoms with Crippen LogP contribution in [0.3, 0.4) is 0 Å². The number of fused-ring (bicyclic) bond motifs is 1. The molecule has 1 aromatic heterocycles. The van der Waals surface area contributed by atoms with E-state index in [1.807, 2.05) is 51.1 Å². The monoisotopic (exact) mass is 697 g/mol. The largest absolute Gasteiger partial charge is 0.493 e. The van der Waals surface area contributed by atoms with Gasteiger partial charge in [0.05, 0.1) is 17.2 Å². The van der Waals surface area contributed by atoms with Crippen LogP contribution < -0.4 is 14.8 Å². The summed E-state index contributed by atoms with van der Waals surface area (Å²) in [6.45, 7) is 6.80. The highest BCUT2D eigenvalue weighted by molar-refractivity contribution is 9.10. The summed E-state index contributed by atoms with van der Waals surface area (Å²) in [5.41, 5.74) is 3.00. The highest BCUT2D eigenvalue weighted by atomic mass is 79.9. The summed E-state index contributed by atoms with van der Waals surface area (Å²) in [5.74, 6) is 1.56. The molecule has 0 bridgehead atoms. The molecule has 1 unspecified atom stereocenters. The Kier molecular flexibility index (Phi) is 11.1. The molecule has 0 saturated heterocycles. The number of allylic oxidation sites excluding steroid dienone is 1. The molecule has 1 fully saturated rings. The Hall–Kier alpha value is -3.51. The van der Waals surface area contributed by atoms with E-state index in [1.165, 1.54) is 11.8 Å². The van der Waals surface area contributed by atoms with Crippen molar-refractivity contribution in [2.24, 2.45) is 0 Å². The van der Waals surface area contributed by atoms with Crippen molar-refractivity contribution in [1.82, 2.24) is 19.7 Å². The molecule has 5 rings (SSSR count). The lowest BCUT2D eigenvalue weighted by Crippen LogP contribution is -2.34. The first-order valence-corrected chi connectivity index (χ1v) is 17.2. The molecule has 0 radical (unpaired) electrons. The number of ether oxygens (including phenoxy) is 3. The number of carbonyl (C=O) groups excluding carboxylic acids is 2. The van der Waals surface area contributed by atoms with Gasteiger partial charge in [0.25, 0.3) is 5.91 Å². The van der Waals surface area contributed by atoms with Crippen LogP contribution in [0.4, 0.5) is 5.95 Å². The lowest BCUT2D eigenvalue weighted by atomic mass is 9.94. The maximum Gasteiger partial charge on any atom is 0.338 e. The van der Waals surface area contributed by atoms with Gasteiger partial charge in [-0.25, -0.2) is 9.48 Å². The molecule has 45 heavy (non-hydrogen) atoms. The van der Waals surface area contributed by atoms with E-state index in [0.717, 1.165) is 43.2 Å². The van der Waals surface area contributed by atoms with Crippen LogP contribution in [-0.4, -0.2) is 64.5 Å². The van der Waals surface area contributed by atoms with Crippen molar-refractivity contribution in [2.75, 3.05) is 32.1 Å². The molecule has 1 aliphatic heterocycles. The first-order chi connectivity index (χ1) is 21.8. The Morgan fingerprint density at radius 3 is 2.53 bits per heavy atom. The van der Waals surface area contributed by atoms with Gasteiger partial charge in [0.1, 0.15) is 12.1 Å². The second kappa shape index (κ2) is 15.2. The number of nitrogens with zero attached hydrogens (tertiary/aromatic N) is 4. The molecular weight excluding hydrogens is 658 g/mol. The second-order valence-corrected chi connectivity index (χ2v) is 12.9. The van der Waals surface area contributed by atoms with Gasteiger partial charge in [0.2, 0.25) is 11.1 Å². The van der Waals surface area contributed by atoms with Gasteiger partial charge in [-0.2, -0.15) is 4.98 Å². The van der Waals surface area contributed by atoms with Crippen LogP contribution in [0, 0.1) is 0 Å². The predicted octanol–water partition coefficient (Wildman–Crippen LogP) is 6.75.